The standard InChI is InChI=1S/C25H26N8O2S/c1-16-3-2-4-20(29-16)24-28-8-6-18(31-24)11-17-5-7-27-22(30-17)12-23-32-21(15-36-23)25(35)33-10-9-26-19(13-33)14-34/h2-8,15,19,26,34H,9-14H2,1H3/t19-/m1/s1. The molecule has 0 aromatic carbocycles. The van der Waals surface area contributed by atoms with Gasteiger partial charge < -0.3 is 15.3 Å². The van der Waals surface area contributed by atoms with E-state index in [0.717, 1.165) is 27.8 Å². The Kier molecular flexibility index (Phi) is 7.31. The molecule has 0 aliphatic carbocycles. The van der Waals surface area contributed by atoms with Crippen LogP contribution in [0.25, 0.3) is 11.5 Å². The van der Waals surface area contributed by atoms with Crippen LogP contribution in [-0.2, 0) is 12.8 Å². The fourth-order valence-electron chi connectivity index (χ4n) is 4.02. The largest absolute Gasteiger partial charge is 0.395 e. The first-order valence-corrected chi connectivity index (χ1v) is 12.6. The number of amides is 1. The lowest BCUT2D eigenvalue weighted by atomic mass is 10.2. The monoisotopic (exact) mass is 502 g/mol. The van der Waals surface area contributed by atoms with Crippen molar-refractivity contribution in [3.05, 3.63) is 81.7 Å². The van der Waals surface area contributed by atoms with Crippen molar-refractivity contribution >= 4 is 17.2 Å². The van der Waals surface area contributed by atoms with Crippen molar-refractivity contribution in [2.45, 2.75) is 25.8 Å². The predicted octanol–water partition coefficient (Wildman–Crippen LogP) is 1.68. The number of hydrogen-bond donors (Lipinski definition) is 2. The Balaban J connectivity index is 1.25. The number of aromatic nitrogens is 6. The molecule has 1 fully saturated rings. The van der Waals surface area contributed by atoms with Gasteiger partial charge in [0.15, 0.2) is 5.82 Å². The molecule has 1 saturated heterocycles. The Labute approximate surface area is 212 Å². The van der Waals surface area contributed by atoms with Gasteiger partial charge in [-0.2, -0.15) is 0 Å². The van der Waals surface area contributed by atoms with Crippen LogP contribution < -0.4 is 5.32 Å². The molecule has 5 rings (SSSR count). The first-order valence-electron chi connectivity index (χ1n) is 11.7. The van der Waals surface area contributed by atoms with E-state index in [1.165, 1.54) is 11.3 Å². The second kappa shape index (κ2) is 10.9. The van der Waals surface area contributed by atoms with Gasteiger partial charge in [-0.05, 0) is 31.2 Å². The van der Waals surface area contributed by atoms with E-state index >= 15 is 0 Å². The van der Waals surface area contributed by atoms with Gasteiger partial charge in [-0.25, -0.2) is 29.9 Å². The minimum atomic E-state index is -0.116. The number of piperazine rings is 1. The van der Waals surface area contributed by atoms with Gasteiger partial charge in [0.25, 0.3) is 5.91 Å². The Hall–Kier alpha value is -3.67. The fourth-order valence-corrected chi connectivity index (χ4v) is 4.78. The maximum atomic E-state index is 12.8. The van der Waals surface area contributed by atoms with E-state index in [0.29, 0.717) is 49.8 Å². The van der Waals surface area contributed by atoms with E-state index in [2.05, 4.69) is 30.2 Å². The van der Waals surface area contributed by atoms with E-state index in [4.69, 9.17) is 4.98 Å². The van der Waals surface area contributed by atoms with Gasteiger partial charge >= 0.3 is 0 Å². The number of aliphatic hydroxyl groups excluding tert-OH is 1. The third-order valence-electron chi connectivity index (χ3n) is 5.80. The summed E-state index contributed by atoms with van der Waals surface area (Å²) in [6.45, 7) is 3.66. The number of aryl methyl sites for hydroxylation is 1. The smallest absolute Gasteiger partial charge is 0.273 e. The fraction of sp³-hybridized carbons (Fsp3) is 0.320. The van der Waals surface area contributed by atoms with Crippen molar-refractivity contribution in [3.8, 4) is 11.5 Å². The quantitative estimate of drug-likeness (QED) is 0.388. The lowest BCUT2D eigenvalue weighted by Gasteiger charge is -2.32. The van der Waals surface area contributed by atoms with Crippen LogP contribution in [0.4, 0.5) is 0 Å². The van der Waals surface area contributed by atoms with Crippen molar-refractivity contribution in [3.63, 3.8) is 0 Å². The van der Waals surface area contributed by atoms with Crippen LogP contribution in [-0.4, -0.2) is 78.1 Å². The number of thiazole rings is 1. The summed E-state index contributed by atoms with van der Waals surface area (Å²) >= 11 is 1.42. The zero-order valence-electron chi connectivity index (χ0n) is 19.8. The van der Waals surface area contributed by atoms with Gasteiger partial charge in [0.05, 0.1) is 24.4 Å². The molecule has 0 radical (unpaired) electrons. The highest BCUT2D eigenvalue weighted by molar-refractivity contribution is 7.09. The van der Waals surface area contributed by atoms with E-state index in [1.54, 1.807) is 22.7 Å². The number of hydrogen-bond acceptors (Lipinski definition) is 10. The molecule has 1 amide bonds. The molecule has 11 heteroatoms. The summed E-state index contributed by atoms with van der Waals surface area (Å²) in [5.74, 6) is 1.10. The summed E-state index contributed by atoms with van der Waals surface area (Å²) in [6, 6.07) is 9.42. The zero-order chi connectivity index (χ0) is 24.9. The molecule has 36 heavy (non-hydrogen) atoms. The van der Waals surface area contributed by atoms with Gasteiger partial charge in [-0.15, -0.1) is 11.3 Å². The highest BCUT2D eigenvalue weighted by Crippen LogP contribution is 2.17. The Morgan fingerprint density at radius 1 is 1.08 bits per heavy atom. The zero-order valence-corrected chi connectivity index (χ0v) is 20.6. The Morgan fingerprint density at radius 2 is 1.92 bits per heavy atom. The number of nitrogens with one attached hydrogen (secondary N) is 1. The molecular formula is C25H26N8O2S. The van der Waals surface area contributed by atoms with Crippen LogP contribution in [0.1, 0.15) is 38.4 Å². The van der Waals surface area contributed by atoms with Gasteiger partial charge in [-0.1, -0.05) is 6.07 Å². The summed E-state index contributed by atoms with van der Waals surface area (Å²) in [6.07, 6.45) is 4.44. The molecule has 5 heterocycles. The minimum absolute atomic E-state index is 0.00108. The lowest BCUT2D eigenvalue weighted by molar-refractivity contribution is 0.0666. The molecule has 1 atom stereocenters. The van der Waals surface area contributed by atoms with Crippen LogP contribution in [0.3, 0.4) is 0 Å². The number of carbonyl (C=O) groups is 1. The molecule has 4 aromatic rings. The van der Waals surface area contributed by atoms with Gasteiger partial charge in [0.1, 0.15) is 22.2 Å². The third-order valence-corrected chi connectivity index (χ3v) is 6.65. The second-order valence-corrected chi connectivity index (χ2v) is 9.51. The molecular weight excluding hydrogens is 476 g/mol. The summed E-state index contributed by atoms with van der Waals surface area (Å²) < 4.78 is 0. The van der Waals surface area contributed by atoms with Crippen molar-refractivity contribution in [1.29, 1.82) is 0 Å². The van der Waals surface area contributed by atoms with Crippen LogP contribution in [0.2, 0.25) is 0 Å². The number of aliphatic hydroxyl groups is 1. The van der Waals surface area contributed by atoms with Crippen molar-refractivity contribution < 1.29 is 9.90 Å². The first-order chi connectivity index (χ1) is 17.6. The number of carbonyl (C=O) groups excluding carboxylic acids is 1. The van der Waals surface area contributed by atoms with Crippen molar-refractivity contribution in [1.82, 2.24) is 40.1 Å². The maximum Gasteiger partial charge on any atom is 0.273 e. The third kappa shape index (κ3) is 5.76. The summed E-state index contributed by atoms with van der Waals surface area (Å²) in [5, 5.41) is 15.1. The number of rotatable bonds is 7. The van der Waals surface area contributed by atoms with Crippen LogP contribution >= 0.6 is 11.3 Å². The molecule has 4 aromatic heterocycles. The Bertz CT molecular complexity index is 1360. The molecule has 0 bridgehead atoms. The highest BCUT2D eigenvalue weighted by Gasteiger charge is 2.25. The van der Waals surface area contributed by atoms with E-state index < -0.39 is 0 Å². The van der Waals surface area contributed by atoms with Crippen LogP contribution in [0.5, 0.6) is 0 Å². The predicted molar refractivity (Wildman–Crippen MR) is 135 cm³/mol. The molecule has 1 aliphatic rings. The molecule has 0 spiro atoms. The van der Waals surface area contributed by atoms with E-state index in [9.17, 15) is 9.90 Å². The molecule has 2 N–H and O–H groups in total. The average molecular weight is 503 g/mol. The summed E-state index contributed by atoms with van der Waals surface area (Å²) in [5.41, 5.74) is 3.75. The molecule has 1 aliphatic heterocycles. The highest BCUT2D eigenvalue weighted by atomic mass is 32.1. The minimum Gasteiger partial charge on any atom is -0.395 e. The van der Waals surface area contributed by atoms with E-state index in [1.807, 2.05) is 37.3 Å². The molecule has 0 unspecified atom stereocenters. The second-order valence-electron chi connectivity index (χ2n) is 8.56. The summed E-state index contributed by atoms with van der Waals surface area (Å²) in [7, 11) is 0. The normalized spacial score (nSPS) is 15.7. The molecule has 184 valence electrons. The van der Waals surface area contributed by atoms with Crippen molar-refractivity contribution in [2.24, 2.45) is 0 Å². The van der Waals surface area contributed by atoms with Crippen molar-refractivity contribution in [2.75, 3.05) is 26.2 Å². The average Bonchev–Trinajstić information content (AvgIpc) is 3.37. The van der Waals surface area contributed by atoms with Gasteiger partial charge in [-0.3, -0.25) is 4.79 Å². The number of nitrogens with zero attached hydrogens (tertiary/aromatic N) is 7. The van der Waals surface area contributed by atoms with Gasteiger partial charge in [0, 0.05) is 55.6 Å². The first kappa shape index (κ1) is 24.0. The van der Waals surface area contributed by atoms with Crippen LogP contribution in [0.15, 0.2) is 48.1 Å². The lowest BCUT2D eigenvalue weighted by Crippen LogP contribution is -2.54. The van der Waals surface area contributed by atoms with Crippen LogP contribution in [0, 0.1) is 6.92 Å². The summed E-state index contributed by atoms with van der Waals surface area (Å²) in [4.78, 5) is 41.7. The molecule has 10 nitrogen and oxygen atoms in total. The van der Waals surface area contributed by atoms with Gasteiger partial charge in [0.2, 0.25) is 0 Å². The number of pyridine rings is 1. The topological polar surface area (TPSA) is 130 Å². The molecule has 0 saturated carbocycles. The Morgan fingerprint density at radius 3 is 2.75 bits per heavy atom. The maximum absolute atomic E-state index is 12.8. The van der Waals surface area contributed by atoms with E-state index in [-0.39, 0.29) is 18.6 Å². The SMILES string of the molecule is Cc1cccc(-c2nccc(Cc3ccnc(Cc4nc(C(=O)N5CCN[C@@H](CO)C5)cs4)n3)n2)n1.